The number of hydrogen-bond donors (Lipinski definition) is 1. The van der Waals surface area contributed by atoms with Crippen molar-refractivity contribution < 1.29 is 0 Å². The van der Waals surface area contributed by atoms with E-state index in [-0.39, 0.29) is 0 Å². The lowest BCUT2D eigenvalue weighted by Gasteiger charge is -2.16. The molecule has 1 aromatic heterocycles. The second kappa shape index (κ2) is 5.99. The molecule has 0 saturated heterocycles. The Morgan fingerprint density at radius 2 is 1.88 bits per heavy atom. The Morgan fingerprint density at radius 1 is 1.25 bits per heavy atom. The zero-order valence-corrected chi connectivity index (χ0v) is 10.9. The summed E-state index contributed by atoms with van der Waals surface area (Å²) < 4.78 is 2.05. The zero-order chi connectivity index (χ0) is 12.1. The molecule has 0 spiro atoms. The number of nitrogens with zero attached hydrogens (tertiary/aromatic N) is 3. The Bertz CT molecular complexity index is 313. The fourth-order valence-electron chi connectivity index (χ4n) is 2.10. The molecule has 1 aromatic rings. The fraction of sp³-hybridized carbons (Fsp3) is 0.833. The lowest BCUT2D eigenvalue weighted by molar-refractivity contribution is 0.439. The van der Waals surface area contributed by atoms with E-state index < -0.39 is 0 Å². The number of nitrogens with two attached hydrogens (primary N) is 1. The fourth-order valence-corrected chi connectivity index (χ4v) is 2.10. The molecule has 0 radical (unpaired) electrons. The minimum absolute atomic E-state index is 0.490. The quantitative estimate of drug-likeness (QED) is 0.806. The van der Waals surface area contributed by atoms with Crippen molar-refractivity contribution >= 4 is 0 Å². The third kappa shape index (κ3) is 2.82. The monoisotopic (exact) mass is 224 g/mol. The summed E-state index contributed by atoms with van der Waals surface area (Å²) in [6.45, 7) is 10.2. The third-order valence-corrected chi connectivity index (χ3v) is 2.95. The highest BCUT2D eigenvalue weighted by Crippen LogP contribution is 2.25. The van der Waals surface area contributed by atoms with Crippen LogP contribution >= 0.6 is 0 Å². The highest BCUT2D eigenvalue weighted by molar-refractivity contribution is 5.15. The Kier molecular flexibility index (Phi) is 4.93. The summed E-state index contributed by atoms with van der Waals surface area (Å²) in [7, 11) is 0. The van der Waals surface area contributed by atoms with Crippen LogP contribution in [0, 0.1) is 5.92 Å². The second-order valence-electron chi connectivity index (χ2n) is 4.71. The van der Waals surface area contributed by atoms with Crippen LogP contribution in [0.15, 0.2) is 0 Å². The van der Waals surface area contributed by atoms with Gasteiger partial charge in [0.15, 0.2) is 0 Å². The van der Waals surface area contributed by atoms with E-state index in [4.69, 9.17) is 5.73 Å². The smallest absolute Gasteiger partial charge is 0.0997 e. The van der Waals surface area contributed by atoms with Crippen LogP contribution in [0.4, 0.5) is 0 Å². The van der Waals surface area contributed by atoms with E-state index >= 15 is 0 Å². The van der Waals surface area contributed by atoms with Gasteiger partial charge in [-0.3, -0.25) is 0 Å². The van der Waals surface area contributed by atoms with Gasteiger partial charge in [-0.1, -0.05) is 32.9 Å². The maximum Gasteiger partial charge on any atom is 0.0997 e. The zero-order valence-electron chi connectivity index (χ0n) is 10.9. The van der Waals surface area contributed by atoms with Crippen LogP contribution in [0.2, 0.25) is 0 Å². The predicted molar refractivity (Wildman–Crippen MR) is 66.1 cm³/mol. The van der Waals surface area contributed by atoms with Crippen LogP contribution in [0.3, 0.4) is 0 Å². The number of hydrogen-bond acceptors (Lipinski definition) is 3. The average molecular weight is 224 g/mol. The van der Waals surface area contributed by atoms with Gasteiger partial charge >= 0.3 is 0 Å². The SMILES string of the molecule is CCC(CC)c1c(CN)nnn1CC(C)C. The summed E-state index contributed by atoms with van der Waals surface area (Å²) in [5.41, 5.74) is 7.94. The first-order valence-electron chi connectivity index (χ1n) is 6.26. The molecule has 0 aliphatic carbocycles. The summed E-state index contributed by atoms with van der Waals surface area (Å²) in [5, 5.41) is 8.42. The highest BCUT2D eigenvalue weighted by Gasteiger charge is 2.19. The molecule has 0 aliphatic rings. The lowest BCUT2D eigenvalue weighted by Crippen LogP contribution is -2.14. The molecule has 0 bridgehead atoms. The van der Waals surface area contributed by atoms with E-state index in [0.29, 0.717) is 18.4 Å². The molecule has 4 nitrogen and oxygen atoms in total. The van der Waals surface area contributed by atoms with E-state index in [9.17, 15) is 0 Å². The van der Waals surface area contributed by atoms with Gasteiger partial charge in [0.25, 0.3) is 0 Å². The molecule has 4 heteroatoms. The minimum Gasteiger partial charge on any atom is -0.325 e. The summed E-state index contributed by atoms with van der Waals surface area (Å²) in [6, 6.07) is 0. The first-order valence-corrected chi connectivity index (χ1v) is 6.26. The predicted octanol–water partition coefficient (Wildman–Crippen LogP) is 2.30. The first-order chi connectivity index (χ1) is 7.63. The molecule has 0 aliphatic heterocycles. The molecule has 0 amide bonds. The van der Waals surface area contributed by atoms with Crippen molar-refractivity contribution in [3.8, 4) is 0 Å². The van der Waals surface area contributed by atoms with Crippen molar-refractivity contribution in [1.29, 1.82) is 0 Å². The van der Waals surface area contributed by atoms with Gasteiger partial charge in [0.2, 0.25) is 0 Å². The van der Waals surface area contributed by atoms with Crippen LogP contribution in [0.5, 0.6) is 0 Å². The topological polar surface area (TPSA) is 56.7 Å². The Hall–Kier alpha value is -0.900. The summed E-state index contributed by atoms with van der Waals surface area (Å²) in [5.74, 6) is 1.12. The molecule has 0 saturated carbocycles. The van der Waals surface area contributed by atoms with Crippen molar-refractivity contribution in [1.82, 2.24) is 15.0 Å². The first kappa shape index (κ1) is 13.2. The van der Waals surface area contributed by atoms with Crippen molar-refractivity contribution in [2.75, 3.05) is 0 Å². The van der Waals surface area contributed by atoms with Crippen LogP contribution < -0.4 is 5.73 Å². The molecule has 0 fully saturated rings. The highest BCUT2D eigenvalue weighted by atomic mass is 15.4. The maximum atomic E-state index is 5.73. The normalized spacial score (nSPS) is 11.7. The van der Waals surface area contributed by atoms with Gasteiger partial charge in [-0.25, -0.2) is 4.68 Å². The summed E-state index contributed by atoms with van der Waals surface area (Å²) >= 11 is 0. The lowest BCUT2D eigenvalue weighted by atomic mass is 9.97. The van der Waals surface area contributed by atoms with Gasteiger partial charge in [0.05, 0.1) is 11.4 Å². The van der Waals surface area contributed by atoms with Crippen molar-refractivity contribution in [3.05, 3.63) is 11.4 Å². The van der Waals surface area contributed by atoms with E-state index in [2.05, 4.69) is 38.0 Å². The Morgan fingerprint density at radius 3 is 2.31 bits per heavy atom. The molecular formula is C12H24N4. The average Bonchev–Trinajstić information content (AvgIpc) is 2.63. The minimum atomic E-state index is 0.490. The molecular weight excluding hydrogens is 200 g/mol. The molecule has 16 heavy (non-hydrogen) atoms. The number of rotatable bonds is 6. The summed E-state index contributed by atoms with van der Waals surface area (Å²) in [6.07, 6.45) is 2.24. The molecule has 0 aromatic carbocycles. The van der Waals surface area contributed by atoms with Gasteiger partial charge < -0.3 is 5.73 Å². The largest absolute Gasteiger partial charge is 0.325 e. The van der Waals surface area contributed by atoms with Crippen molar-refractivity contribution in [2.45, 2.75) is 59.5 Å². The van der Waals surface area contributed by atoms with Crippen LogP contribution in [0.1, 0.15) is 57.8 Å². The summed E-state index contributed by atoms with van der Waals surface area (Å²) in [4.78, 5) is 0. The van der Waals surface area contributed by atoms with E-state index in [0.717, 1.165) is 25.1 Å². The van der Waals surface area contributed by atoms with Gasteiger partial charge in [-0.15, -0.1) is 5.10 Å². The van der Waals surface area contributed by atoms with Gasteiger partial charge in [0, 0.05) is 19.0 Å². The molecule has 0 atom stereocenters. The Balaban J connectivity index is 3.04. The van der Waals surface area contributed by atoms with Crippen LogP contribution in [0.25, 0.3) is 0 Å². The maximum absolute atomic E-state index is 5.73. The standard InChI is InChI=1S/C12H24N4/c1-5-10(6-2)12-11(7-13)14-15-16(12)8-9(3)4/h9-10H,5-8,13H2,1-4H3. The van der Waals surface area contributed by atoms with Crippen molar-refractivity contribution in [3.63, 3.8) is 0 Å². The molecule has 0 unspecified atom stereocenters. The van der Waals surface area contributed by atoms with Gasteiger partial charge in [0.1, 0.15) is 0 Å². The molecule has 92 valence electrons. The van der Waals surface area contributed by atoms with E-state index in [1.165, 1.54) is 5.69 Å². The van der Waals surface area contributed by atoms with Gasteiger partial charge in [-0.05, 0) is 18.8 Å². The molecule has 2 N–H and O–H groups in total. The Labute approximate surface area is 98.2 Å². The molecule has 1 rings (SSSR count). The van der Waals surface area contributed by atoms with E-state index in [1.807, 2.05) is 4.68 Å². The molecule has 1 heterocycles. The van der Waals surface area contributed by atoms with Crippen molar-refractivity contribution in [2.24, 2.45) is 11.7 Å². The second-order valence-corrected chi connectivity index (χ2v) is 4.71. The van der Waals surface area contributed by atoms with E-state index in [1.54, 1.807) is 0 Å². The van der Waals surface area contributed by atoms with Crippen LogP contribution in [-0.2, 0) is 13.1 Å². The number of aromatic nitrogens is 3. The van der Waals surface area contributed by atoms with Gasteiger partial charge in [-0.2, -0.15) is 0 Å². The third-order valence-electron chi connectivity index (χ3n) is 2.95. The van der Waals surface area contributed by atoms with Crippen LogP contribution in [-0.4, -0.2) is 15.0 Å².